The zero-order valence-electron chi connectivity index (χ0n) is 11.7. The Morgan fingerprint density at radius 3 is 2.76 bits per heavy atom. The third-order valence-corrected chi connectivity index (χ3v) is 4.54. The second kappa shape index (κ2) is 5.45. The summed E-state index contributed by atoms with van der Waals surface area (Å²) < 4.78 is 5.47. The molecule has 0 bridgehead atoms. The van der Waals surface area contributed by atoms with E-state index in [1.807, 2.05) is 26.0 Å². The summed E-state index contributed by atoms with van der Waals surface area (Å²) in [6, 6.07) is 3.69. The van der Waals surface area contributed by atoms with Crippen LogP contribution in [0.3, 0.4) is 0 Å². The van der Waals surface area contributed by atoms with Crippen LogP contribution in [0.4, 0.5) is 5.13 Å². The maximum atomic E-state index is 12.2. The average molecular weight is 320 g/mol. The Morgan fingerprint density at radius 2 is 2.14 bits per heavy atom. The van der Waals surface area contributed by atoms with E-state index < -0.39 is 0 Å². The SMILES string of the molecule is Cc1ccc(/C=C2/S/C(=N/c3nnc(C)s3)N(C)C2=O)o1. The highest BCUT2D eigenvalue weighted by molar-refractivity contribution is 8.18. The Morgan fingerprint density at radius 1 is 1.33 bits per heavy atom. The van der Waals surface area contributed by atoms with E-state index in [1.165, 1.54) is 28.0 Å². The minimum absolute atomic E-state index is 0.103. The summed E-state index contributed by atoms with van der Waals surface area (Å²) in [4.78, 5) is 18.6. The number of furan rings is 1. The average Bonchev–Trinajstić information content (AvgIpc) is 3.09. The molecule has 3 heterocycles. The van der Waals surface area contributed by atoms with Crippen molar-refractivity contribution in [1.29, 1.82) is 0 Å². The van der Waals surface area contributed by atoms with Gasteiger partial charge in [-0.05, 0) is 37.7 Å². The predicted octanol–water partition coefficient (Wildman–Crippen LogP) is 2.98. The van der Waals surface area contributed by atoms with Crippen LogP contribution in [-0.2, 0) is 4.79 Å². The van der Waals surface area contributed by atoms with Gasteiger partial charge in [-0.3, -0.25) is 9.69 Å². The number of rotatable bonds is 2. The number of carbonyl (C=O) groups is 1. The first-order valence-electron chi connectivity index (χ1n) is 6.16. The third-order valence-electron chi connectivity index (χ3n) is 2.74. The monoisotopic (exact) mass is 320 g/mol. The van der Waals surface area contributed by atoms with Gasteiger partial charge in [0.25, 0.3) is 5.91 Å². The van der Waals surface area contributed by atoms with Crippen molar-refractivity contribution < 1.29 is 9.21 Å². The summed E-state index contributed by atoms with van der Waals surface area (Å²) in [5.74, 6) is 1.36. The molecule has 2 aromatic rings. The lowest BCUT2D eigenvalue weighted by molar-refractivity contribution is -0.121. The van der Waals surface area contributed by atoms with Gasteiger partial charge in [0, 0.05) is 13.1 Å². The first kappa shape index (κ1) is 14.0. The molecule has 2 aromatic heterocycles. The second-order valence-electron chi connectivity index (χ2n) is 4.42. The molecule has 0 spiro atoms. The standard InChI is InChI=1S/C13H12N4O2S2/c1-7-4-5-9(19-7)6-10-11(18)17(3)13(21-10)14-12-16-15-8(2)20-12/h4-6H,1-3H3/b10-6+,14-13+. The molecule has 6 nitrogen and oxygen atoms in total. The summed E-state index contributed by atoms with van der Waals surface area (Å²) >= 11 is 2.69. The fourth-order valence-corrected chi connectivity index (χ4v) is 3.29. The van der Waals surface area contributed by atoms with Gasteiger partial charge in [-0.15, -0.1) is 10.2 Å². The van der Waals surface area contributed by atoms with Crippen molar-refractivity contribution in [3.8, 4) is 0 Å². The summed E-state index contributed by atoms with van der Waals surface area (Å²) in [7, 11) is 1.69. The number of aryl methyl sites for hydroxylation is 2. The fourth-order valence-electron chi connectivity index (χ4n) is 1.72. The first-order valence-corrected chi connectivity index (χ1v) is 7.79. The molecule has 8 heteroatoms. The highest BCUT2D eigenvalue weighted by Crippen LogP contribution is 2.33. The number of carbonyl (C=O) groups excluding carboxylic acids is 1. The molecule has 0 aromatic carbocycles. The molecule has 0 unspecified atom stereocenters. The predicted molar refractivity (Wildman–Crippen MR) is 83.5 cm³/mol. The molecule has 1 aliphatic rings. The van der Waals surface area contributed by atoms with Gasteiger partial charge in [0.15, 0.2) is 5.17 Å². The Bertz CT molecular complexity index is 760. The van der Waals surface area contributed by atoms with Crippen molar-refractivity contribution in [2.45, 2.75) is 13.8 Å². The van der Waals surface area contributed by atoms with Gasteiger partial charge in [0.1, 0.15) is 16.5 Å². The van der Waals surface area contributed by atoms with Gasteiger partial charge in [0.05, 0.1) is 4.91 Å². The number of amides is 1. The van der Waals surface area contributed by atoms with Crippen LogP contribution in [0.5, 0.6) is 0 Å². The molecule has 3 rings (SSSR count). The van der Waals surface area contributed by atoms with E-state index in [2.05, 4.69) is 15.2 Å². The number of nitrogens with zero attached hydrogens (tertiary/aromatic N) is 4. The second-order valence-corrected chi connectivity index (χ2v) is 6.59. The van der Waals surface area contributed by atoms with Crippen molar-refractivity contribution in [3.63, 3.8) is 0 Å². The Kier molecular flexibility index (Phi) is 3.64. The van der Waals surface area contributed by atoms with Gasteiger partial charge in [-0.25, -0.2) is 0 Å². The quantitative estimate of drug-likeness (QED) is 0.796. The van der Waals surface area contributed by atoms with Crippen LogP contribution in [-0.4, -0.2) is 33.2 Å². The molecule has 1 fully saturated rings. The zero-order valence-corrected chi connectivity index (χ0v) is 13.3. The van der Waals surface area contributed by atoms with E-state index in [9.17, 15) is 4.79 Å². The summed E-state index contributed by atoms with van der Waals surface area (Å²) in [5, 5.41) is 9.83. The Hall–Kier alpha value is -1.93. The van der Waals surface area contributed by atoms with Crippen LogP contribution >= 0.6 is 23.1 Å². The molecule has 21 heavy (non-hydrogen) atoms. The minimum Gasteiger partial charge on any atom is -0.462 e. The number of hydrogen-bond acceptors (Lipinski definition) is 7. The van der Waals surface area contributed by atoms with Gasteiger partial charge in [-0.1, -0.05) is 11.3 Å². The Balaban J connectivity index is 1.88. The van der Waals surface area contributed by atoms with Gasteiger partial charge in [0.2, 0.25) is 5.13 Å². The van der Waals surface area contributed by atoms with E-state index in [0.717, 1.165) is 10.8 Å². The molecule has 0 saturated carbocycles. The summed E-state index contributed by atoms with van der Waals surface area (Å²) in [6.45, 7) is 3.73. The summed E-state index contributed by atoms with van der Waals surface area (Å²) in [6.07, 6.45) is 1.73. The topological polar surface area (TPSA) is 71.6 Å². The minimum atomic E-state index is -0.103. The smallest absolute Gasteiger partial charge is 0.266 e. The molecular weight excluding hydrogens is 308 g/mol. The van der Waals surface area contributed by atoms with Gasteiger partial charge in [-0.2, -0.15) is 4.99 Å². The lowest BCUT2D eigenvalue weighted by Gasteiger charge is -2.05. The van der Waals surface area contributed by atoms with E-state index in [0.29, 0.717) is 21.0 Å². The first-order chi connectivity index (χ1) is 10.0. The van der Waals surface area contributed by atoms with Crippen LogP contribution in [0, 0.1) is 13.8 Å². The highest BCUT2D eigenvalue weighted by atomic mass is 32.2. The highest BCUT2D eigenvalue weighted by Gasteiger charge is 2.31. The van der Waals surface area contributed by atoms with Crippen molar-refractivity contribution in [1.82, 2.24) is 15.1 Å². The fraction of sp³-hybridized carbons (Fsp3) is 0.231. The molecule has 0 aliphatic carbocycles. The lowest BCUT2D eigenvalue weighted by Crippen LogP contribution is -2.23. The number of thioether (sulfide) groups is 1. The normalized spacial score (nSPS) is 19.2. The molecule has 1 saturated heterocycles. The molecule has 0 radical (unpaired) electrons. The molecule has 1 aliphatic heterocycles. The molecule has 108 valence electrons. The maximum Gasteiger partial charge on any atom is 0.266 e. The lowest BCUT2D eigenvalue weighted by atomic mass is 10.3. The molecule has 0 N–H and O–H groups in total. The van der Waals surface area contributed by atoms with E-state index in [1.54, 1.807) is 13.1 Å². The molecular formula is C13H12N4O2S2. The van der Waals surface area contributed by atoms with Crippen LogP contribution < -0.4 is 0 Å². The van der Waals surface area contributed by atoms with Crippen LogP contribution in [0.15, 0.2) is 26.4 Å². The third kappa shape index (κ3) is 2.91. The number of likely N-dealkylation sites (N-methyl/N-ethyl adjacent to an activating group) is 1. The van der Waals surface area contributed by atoms with E-state index >= 15 is 0 Å². The zero-order chi connectivity index (χ0) is 15.0. The molecule has 1 amide bonds. The number of aromatic nitrogens is 2. The van der Waals surface area contributed by atoms with Gasteiger partial charge < -0.3 is 4.42 Å². The van der Waals surface area contributed by atoms with Crippen molar-refractivity contribution in [3.05, 3.63) is 33.6 Å². The number of amidine groups is 1. The van der Waals surface area contributed by atoms with Crippen LogP contribution in [0.25, 0.3) is 6.08 Å². The van der Waals surface area contributed by atoms with Crippen LogP contribution in [0.1, 0.15) is 16.5 Å². The Labute approximate surface area is 129 Å². The van der Waals surface area contributed by atoms with Crippen molar-refractivity contribution in [2.75, 3.05) is 7.05 Å². The van der Waals surface area contributed by atoms with E-state index in [-0.39, 0.29) is 5.91 Å². The maximum absolute atomic E-state index is 12.2. The van der Waals surface area contributed by atoms with Gasteiger partial charge >= 0.3 is 0 Å². The number of aliphatic imine (C=N–C) groups is 1. The summed E-state index contributed by atoms with van der Waals surface area (Å²) in [5.41, 5.74) is 0. The number of hydrogen-bond donors (Lipinski definition) is 0. The van der Waals surface area contributed by atoms with Crippen molar-refractivity contribution >= 4 is 45.4 Å². The van der Waals surface area contributed by atoms with Crippen molar-refractivity contribution in [2.24, 2.45) is 4.99 Å². The van der Waals surface area contributed by atoms with E-state index in [4.69, 9.17) is 4.42 Å². The largest absolute Gasteiger partial charge is 0.462 e. The molecule has 0 atom stereocenters. The van der Waals surface area contributed by atoms with Crippen LogP contribution in [0.2, 0.25) is 0 Å².